The Bertz CT molecular complexity index is 232. The van der Waals surface area contributed by atoms with Crippen molar-refractivity contribution in [1.82, 2.24) is 9.80 Å². The quantitative estimate of drug-likeness (QED) is 0.766. The summed E-state index contributed by atoms with van der Waals surface area (Å²) in [6.07, 6.45) is 4.61. The van der Waals surface area contributed by atoms with E-state index in [2.05, 4.69) is 30.8 Å². The summed E-state index contributed by atoms with van der Waals surface area (Å²) < 4.78 is 0. The molecule has 1 heterocycles. The smallest absolute Gasteiger partial charge is 0.0695 e. The molecule has 0 amide bonds. The number of aliphatic hydroxyl groups is 1. The Hall–Kier alpha value is -0.120. The molecular formula is C13H26N2O. The molecule has 2 rings (SSSR count). The molecule has 0 spiro atoms. The van der Waals surface area contributed by atoms with Gasteiger partial charge in [-0.15, -0.1) is 0 Å². The highest BCUT2D eigenvalue weighted by molar-refractivity contribution is 4.93. The fourth-order valence-electron chi connectivity index (χ4n) is 3.45. The van der Waals surface area contributed by atoms with Gasteiger partial charge in [0.15, 0.2) is 0 Å². The van der Waals surface area contributed by atoms with Crippen LogP contribution in [0.25, 0.3) is 0 Å². The molecule has 16 heavy (non-hydrogen) atoms. The minimum absolute atomic E-state index is 0.0816. The molecule has 2 fully saturated rings. The number of rotatable bonds is 2. The van der Waals surface area contributed by atoms with Crippen LogP contribution in [-0.2, 0) is 0 Å². The van der Waals surface area contributed by atoms with E-state index in [1.807, 2.05) is 0 Å². The molecule has 4 atom stereocenters. The average Bonchev–Trinajstić information content (AvgIpc) is 2.61. The van der Waals surface area contributed by atoms with Gasteiger partial charge in [0.2, 0.25) is 0 Å². The van der Waals surface area contributed by atoms with Crippen molar-refractivity contribution >= 4 is 0 Å². The Kier molecular flexibility index (Phi) is 3.88. The van der Waals surface area contributed by atoms with E-state index in [9.17, 15) is 5.11 Å². The minimum Gasteiger partial charge on any atom is -0.391 e. The summed E-state index contributed by atoms with van der Waals surface area (Å²) in [6.45, 7) is 4.63. The zero-order valence-corrected chi connectivity index (χ0v) is 10.9. The van der Waals surface area contributed by atoms with E-state index < -0.39 is 0 Å². The van der Waals surface area contributed by atoms with Crippen LogP contribution in [0.4, 0.5) is 0 Å². The van der Waals surface area contributed by atoms with Crippen LogP contribution in [0.2, 0.25) is 0 Å². The number of aliphatic hydroxyl groups excluding tert-OH is 1. The van der Waals surface area contributed by atoms with Gasteiger partial charge in [0, 0.05) is 25.2 Å². The lowest BCUT2D eigenvalue weighted by atomic mass is 9.91. The number of hydrogen-bond acceptors (Lipinski definition) is 3. The van der Waals surface area contributed by atoms with Crippen LogP contribution in [0.5, 0.6) is 0 Å². The van der Waals surface area contributed by atoms with Gasteiger partial charge in [-0.25, -0.2) is 0 Å². The first kappa shape index (κ1) is 12.3. The van der Waals surface area contributed by atoms with Crippen molar-refractivity contribution < 1.29 is 5.11 Å². The van der Waals surface area contributed by atoms with E-state index in [-0.39, 0.29) is 6.10 Å². The van der Waals surface area contributed by atoms with E-state index in [4.69, 9.17) is 0 Å². The maximum atomic E-state index is 10.1. The van der Waals surface area contributed by atoms with E-state index in [0.29, 0.717) is 12.1 Å². The molecule has 0 aromatic heterocycles. The van der Waals surface area contributed by atoms with Crippen LogP contribution in [0.3, 0.4) is 0 Å². The molecule has 1 saturated heterocycles. The normalized spacial score (nSPS) is 41.8. The molecule has 2 unspecified atom stereocenters. The van der Waals surface area contributed by atoms with E-state index in [1.165, 1.54) is 19.3 Å². The summed E-state index contributed by atoms with van der Waals surface area (Å²) >= 11 is 0. The van der Waals surface area contributed by atoms with Crippen molar-refractivity contribution in [3.63, 3.8) is 0 Å². The lowest BCUT2D eigenvalue weighted by Gasteiger charge is -2.35. The molecular weight excluding hydrogens is 200 g/mol. The van der Waals surface area contributed by atoms with Crippen molar-refractivity contribution in [1.29, 1.82) is 0 Å². The van der Waals surface area contributed by atoms with E-state index in [1.54, 1.807) is 0 Å². The van der Waals surface area contributed by atoms with Crippen molar-refractivity contribution in [2.45, 2.75) is 50.8 Å². The zero-order valence-electron chi connectivity index (χ0n) is 10.9. The molecule has 0 aromatic rings. The molecule has 1 aliphatic carbocycles. The van der Waals surface area contributed by atoms with Gasteiger partial charge in [-0.2, -0.15) is 0 Å². The van der Waals surface area contributed by atoms with Crippen molar-refractivity contribution in [2.75, 3.05) is 27.2 Å². The molecule has 94 valence electrons. The Labute approximate surface area is 99.4 Å². The minimum atomic E-state index is -0.0816. The Morgan fingerprint density at radius 3 is 2.38 bits per heavy atom. The molecule has 3 heteroatoms. The fraction of sp³-hybridized carbons (Fsp3) is 1.00. The second-order valence-corrected chi connectivity index (χ2v) is 5.88. The maximum absolute atomic E-state index is 10.1. The topological polar surface area (TPSA) is 26.7 Å². The Balaban J connectivity index is 1.96. The number of likely N-dealkylation sites (tertiary alicyclic amines) is 1. The van der Waals surface area contributed by atoms with Gasteiger partial charge in [0.05, 0.1) is 6.10 Å². The first-order valence-electron chi connectivity index (χ1n) is 6.68. The van der Waals surface area contributed by atoms with Gasteiger partial charge >= 0.3 is 0 Å². The average molecular weight is 226 g/mol. The summed E-state index contributed by atoms with van der Waals surface area (Å²) in [5.74, 6) is 0.726. The second-order valence-electron chi connectivity index (χ2n) is 5.88. The van der Waals surface area contributed by atoms with Gasteiger partial charge < -0.3 is 10.0 Å². The summed E-state index contributed by atoms with van der Waals surface area (Å²) in [5, 5.41) is 10.1. The largest absolute Gasteiger partial charge is 0.391 e. The van der Waals surface area contributed by atoms with Gasteiger partial charge in [-0.3, -0.25) is 4.90 Å². The Morgan fingerprint density at radius 2 is 1.81 bits per heavy atom. The third-order valence-corrected chi connectivity index (χ3v) is 4.43. The monoisotopic (exact) mass is 226 g/mol. The third-order valence-electron chi connectivity index (χ3n) is 4.43. The number of nitrogens with zero attached hydrogens (tertiary/aromatic N) is 2. The second kappa shape index (κ2) is 5.03. The fourth-order valence-corrected chi connectivity index (χ4v) is 3.45. The predicted molar refractivity (Wildman–Crippen MR) is 66.5 cm³/mol. The van der Waals surface area contributed by atoms with Crippen molar-refractivity contribution in [3.8, 4) is 0 Å². The molecule has 1 saturated carbocycles. The van der Waals surface area contributed by atoms with Crippen LogP contribution >= 0.6 is 0 Å². The molecule has 0 aromatic carbocycles. The maximum Gasteiger partial charge on any atom is 0.0695 e. The van der Waals surface area contributed by atoms with Gasteiger partial charge in [0.1, 0.15) is 0 Å². The van der Waals surface area contributed by atoms with Crippen LogP contribution in [0.15, 0.2) is 0 Å². The highest BCUT2D eigenvalue weighted by Crippen LogP contribution is 2.29. The lowest BCUT2D eigenvalue weighted by molar-refractivity contribution is 0.0279. The molecule has 0 bridgehead atoms. The summed E-state index contributed by atoms with van der Waals surface area (Å²) in [4.78, 5) is 4.86. The third kappa shape index (κ3) is 2.41. The molecule has 3 nitrogen and oxygen atoms in total. The van der Waals surface area contributed by atoms with Crippen LogP contribution in [-0.4, -0.2) is 60.3 Å². The summed E-state index contributed by atoms with van der Waals surface area (Å²) in [6, 6.07) is 1.09. The first-order chi connectivity index (χ1) is 7.59. The van der Waals surface area contributed by atoms with E-state index >= 15 is 0 Å². The molecule has 1 N–H and O–H groups in total. The van der Waals surface area contributed by atoms with Gasteiger partial charge in [0.25, 0.3) is 0 Å². The molecule has 2 aliphatic rings. The molecule has 0 radical (unpaired) electrons. The SMILES string of the molecule is CC1CN([C@@H]2CCCC[C@H]2O)CC1N(C)C. The van der Waals surface area contributed by atoms with Crippen molar-refractivity contribution in [2.24, 2.45) is 5.92 Å². The van der Waals surface area contributed by atoms with Gasteiger partial charge in [-0.1, -0.05) is 19.8 Å². The van der Waals surface area contributed by atoms with E-state index in [0.717, 1.165) is 25.4 Å². The predicted octanol–water partition coefficient (Wildman–Crippen LogP) is 1.17. The van der Waals surface area contributed by atoms with Crippen LogP contribution in [0.1, 0.15) is 32.6 Å². The van der Waals surface area contributed by atoms with Crippen LogP contribution < -0.4 is 0 Å². The number of likely N-dealkylation sites (N-methyl/N-ethyl adjacent to an activating group) is 1. The summed E-state index contributed by atoms with van der Waals surface area (Å²) in [7, 11) is 4.34. The summed E-state index contributed by atoms with van der Waals surface area (Å²) in [5.41, 5.74) is 0. The molecule has 1 aliphatic heterocycles. The highest BCUT2D eigenvalue weighted by atomic mass is 16.3. The van der Waals surface area contributed by atoms with Crippen molar-refractivity contribution in [3.05, 3.63) is 0 Å². The first-order valence-corrected chi connectivity index (χ1v) is 6.68. The highest BCUT2D eigenvalue weighted by Gasteiger charge is 2.37. The Morgan fingerprint density at radius 1 is 1.12 bits per heavy atom. The number of hydrogen-bond donors (Lipinski definition) is 1. The van der Waals surface area contributed by atoms with Gasteiger partial charge in [-0.05, 0) is 32.9 Å². The zero-order chi connectivity index (χ0) is 11.7. The lowest BCUT2D eigenvalue weighted by Crippen LogP contribution is -2.45. The van der Waals surface area contributed by atoms with Crippen LogP contribution in [0, 0.1) is 5.92 Å². The standard InChI is InChI=1S/C13H26N2O/c1-10-8-15(9-12(10)14(2)3)11-6-4-5-7-13(11)16/h10-13,16H,4-9H2,1-3H3/t10?,11-,12?,13-/m1/s1.